The van der Waals surface area contributed by atoms with Crippen LogP contribution < -0.4 is 9.44 Å². The Labute approximate surface area is 197 Å². The molecule has 35 heavy (non-hydrogen) atoms. The van der Waals surface area contributed by atoms with Gasteiger partial charge in [0.25, 0.3) is 31.9 Å². The van der Waals surface area contributed by atoms with E-state index in [1.807, 2.05) is 9.44 Å². The van der Waals surface area contributed by atoms with Crippen molar-refractivity contribution in [2.75, 3.05) is 0 Å². The van der Waals surface area contributed by atoms with Gasteiger partial charge in [0.05, 0.1) is 11.1 Å². The molecule has 0 saturated heterocycles. The van der Waals surface area contributed by atoms with E-state index in [4.69, 9.17) is 10.2 Å². The van der Waals surface area contributed by atoms with Crippen molar-refractivity contribution in [2.45, 2.75) is 9.79 Å². The number of sulfonamides is 2. The van der Waals surface area contributed by atoms with E-state index in [1.54, 1.807) is 24.3 Å². The molecule has 0 atom stereocenters. The Balaban J connectivity index is 0.000000147. The Morgan fingerprint density at radius 1 is 0.629 bits per heavy atom. The fourth-order valence-electron chi connectivity index (χ4n) is 2.81. The number of carboxylic acid groups (broad SMARTS) is 2. The van der Waals surface area contributed by atoms with Gasteiger partial charge in [-0.2, -0.15) is 0 Å². The molecule has 13 nitrogen and oxygen atoms in total. The highest BCUT2D eigenvalue weighted by Gasteiger charge is 2.32. The molecular weight excluding hydrogens is 508 g/mol. The van der Waals surface area contributed by atoms with Crippen molar-refractivity contribution in [3.63, 3.8) is 0 Å². The first-order valence-electron chi connectivity index (χ1n) is 9.22. The summed E-state index contributed by atoms with van der Waals surface area (Å²) in [7, 11) is -7.11. The molecule has 4 N–H and O–H groups in total. The number of carboxylic acids is 2. The maximum Gasteiger partial charge on any atom is 0.371 e. The van der Waals surface area contributed by atoms with E-state index in [-0.39, 0.29) is 32.4 Å². The molecule has 3 aromatic rings. The van der Waals surface area contributed by atoms with E-state index >= 15 is 0 Å². The number of carbonyl (C=O) groups excluding carboxylic acids is 2. The summed E-state index contributed by atoms with van der Waals surface area (Å²) in [6.45, 7) is 0. The normalized spacial score (nSPS) is 15.7. The van der Waals surface area contributed by atoms with Crippen LogP contribution in [-0.4, -0.2) is 50.8 Å². The number of benzene rings is 2. The van der Waals surface area contributed by atoms with Crippen molar-refractivity contribution in [1.29, 1.82) is 0 Å². The average Bonchev–Trinajstić information content (AvgIpc) is 3.44. The van der Waals surface area contributed by atoms with Crippen LogP contribution in [-0.2, 0) is 20.0 Å². The minimum Gasteiger partial charge on any atom is -0.475 e. The predicted molar refractivity (Wildman–Crippen MR) is 115 cm³/mol. The minimum atomic E-state index is -3.55. The van der Waals surface area contributed by atoms with E-state index in [9.17, 15) is 36.0 Å². The highest BCUT2D eigenvalue weighted by molar-refractivity contribution is 7.91. The van der Waals surface area contributed by atoms with Gasteiger partial charge >= 0.3 is 11.9 Å². The number of fused-ring (bicyclic) bond motifs is 2. The lowest BCUT2D eigenvalue weighted by atomic mass is 10.2. The molecule has 15 heteroatoms. The monoisotopic (exact) mass is 522 g/mol. The zero-order valence-corrected chi connectivity index (χ0v) is 18.8. The fraction of sp³-hybridized carbons (Fsp3) is 0. The summed E-state index contributed by atoms with van der Waals surface area (Å²) in [6.07, 6.45) is 0. The molecule has 0 spiro atoms. The molecule has 0 bridgehead atoms. The molecule has 3 heterocycles. The summed E-state index contributed by atoms with van der Waals surface area (Å²) in [6, 6.07) is 14.4. The zero-order valence-electron chi connectivity index (χ0n) is 17.2. The van der Waals surface area contributed by atoms with Gasteiger partial charge in [0.1, 0.15) is 9.79 Å². The molecule has 0 fully saturated rings. The number of rotatable bonds is 2. The standard InChI is InChI=1S/2C7H5NO3S.C6H4O5/c2*9-7-5-3-1-2-4-6(5)12(10,11)8-7;7-5(8)3-1-2-4(11-3)6(9)10/h2*1-4H,(H,8,9);1-2H,(H,7,8)(H,9,10). The van der Waals surface area contributed by atoms with Gasteiger partial charge in [0.15, 0.2) is 0 Å². The molecule has 0 unspecified atom stereocenters. The van der Waals surface area contributed by atoms with Gasteiger partial charge in [-0.15, -0.1) is 0 Å². The van der Waals surface area contributed by atoms with Crippen molar-refractivity contribution in [3.8, 4) is 0 Å². The Bertz CT molecular complexity index is 1460. The van der Waals surface area contributed by atoms with Crippen LogP contribution in [0.2, 0.25) is 0 Å². The highest BCUT2D eigenvalue weighted by Crippen LogP contribution is 2.21. The SMILES string of the molecule is O=C(O)c1ccc(C(=O)O)o1.O=C1NS(=O)(=O)c2ccccc21.O=C1NS(=O)(=O)c2ccccc21. The van der Waals surface area contributed by atoms with Crippen molar-refractivity contribution in [1.82, 2.24) is 9.44 Å². The zero-order chi connectivity index (χ0) is 26.0. The van der Waals surface area contributed by atoms with Crippen LogP contribution >= 0.6 is 0 Å². The Kier molecular flexibility index (Phi) is 6.75. The van der Waals surface area contributed by atoms with Crippen molar-refractivity contribution in [2.24, 2.45) is 0 Å². The maximum atomic E-state index is 11.1. The van der Waals surface area contributed by atoms with Crippen LogP contribution in [0.1, 0.15) is 41.8 Å². The maximum absolute atomic E-state index is 11.1. The van der Waals surface area contributed by atoms with E-state index in [1.165, 1.54) is 24.3 Å². The molecule has 2 amide bonds. The molecule has 0 aliphatic carbocycles. The van der Waals surface area contributed by atoms with Gasteiger partial charge in [-0.3, -0.25) is 9.59 Å². The first-order valence-corrected chi connectivity index (χ1v) is 12.2. The molecule has 2 aromatic carbocycles. The lowest BCUT2D eigenvalue weighted by Gasteiger charge is -1.91. The molecule has 2 aliphatic heterocycles. The summed E-state index contributed by atoms with van der Waals surface area (Å²) in [5, 5.41) is 16.6. The Hall–Kier alpha value is -4.50. The van der Waals surface area contributed by atoms with Crippen LogP contribution in [0, 0.1) is 0 Å². The van der Waals surface area contributed by atoms with Crippen molar-refractivity contribution < 1.29 is 50.6 Å². The molecular formula is C20H14N2O11S2. The minimum absolute atomic E-state index is 0.0648. The largest absolute Gasteiger partial charge is 0.475 e. The van der Waals surface area contributed by atoms with Crippen LogP contribution in [0.15, 0.2) is 74.9 Å². The first kappa shape index (κ1) is 25.1. The second-order valence-electron chi connectivity index (χ2n) is 6.64. The fourth-order valence-corrected chi connectivity index (χ4v) is 5.15. The van der Waals surface area contributed by atoms with Gasteiger partial charge in [-0.1, -0.05) is 24.3 Å². The molecule has 182 valence electrons. The van der Waals surface area contributed by atoms with Gasteiger partial charge in [-0.05, 0) is 36.4 Å². The number of carbonyl (C=O) groups is 4. The highest BCUT2D eigenvalue weighted by atomic mass is 32.2. The van der Waals surface area contributed by atoms with Crippen molar-refractivity contribution in [3.05, 3.63) is 83.3 Å². The Morgan fingerprint density at radius 3 is 1.26 bits per heavy atom. The Morgan fingerprint density at radius 2 is 0.971 bits per heavy atom. The predicted octanol–water partition coefficient (Wildman–Crippen LogP) is 0.913. The van der Waals surface area contributed by atoms with E-state index in [0.717, 1.165) is 12.1 Å². The van der Waals surface area contributed by atoms with E-state index in [2.05, 4.69) is 4.42 Å². The summed E-state index contributed by atoms with van der Waals surface area (Å²) < 4.78 is 52.7. The number of amides is 2. The number of aromatic carboxylic acids is 2. The third-order valence-electron chi connectivity index (χ3n) is 4.32. The second kappa shape index (κ2) is 9.40. The number of furan rings is 1. The van der Waals surface area contributed by atoms with Gasteiger partial charge in [0.2, 0.25) is 11.5 Å². The van der Waals surface area contributed by atoms with Crippen molar-refractivity contribution >= 4 is 43.8 Å². The van der Waals surface area contributed by atoms with E-state index in [0.29, 0.717) is 0 Å². The molecule has 1 aromatic heterocycles. The number of nitrogens with one attached hydrogen (secondary N) is 2. The van der Waals surface area contributed by atoms with Crippen LogP contribution in [0.3, 0.4) is 0 Å². The lowest BCUT2D eigenvalue weighted by Crippen LogP contribution is -2.20. The molecule has 0 saturated carbocycles. The number of hydrogen-bond donors (Lipinski definition) is 4. The molecule has 5 rings (SSSR count). The van der Waals surface area contributed by atoms with Crippen LogP contribution in [0.25, 0.3) is 0 Å². The van der Waals surface area contributed by atoms with Gasteiger partial charge in [0, 0.05) is 0 Å². The summed E-state index contributed by atoms with van der Waals surface area (Å²) >= 11 is 0. The molecule has 2 aliphatic rings. The van der Waals surface area contributed by atoms with Gasteiger partial charge in [-0.25, -0.2) is 35.9 Å². The topological polar surface area (TPSA) is 214 Å². The third kappa shape index (κ3) is 5.36. The van der Waals surface area contributed by atoms with Gasteiger partial charge < -0.3 is 14.6 Å². The first-order chi connectivity index (χ1) is 16.3. The van der Waals surface area contributed by atoms with Crippen LogP contribution in [0.4, 0.5) is 0 Å². The quantitative estimate of drug-likeness (QED) is 0.371. The average molecular weight is 522 g/mol. The summed E-state index contributed by atoms with van der Waals surface area (Å²) in [4.78, 5) is 42.4. The smallest absolute Gasteiger partial charge is 0.371 e. The molecule has 0 radical (unpaired) electrons. The van der Waals surface area contributed by atoms with Crippen LogP contribution in [0.5, 0.6) is 0 Å². The number of hydrogen-bond acceptors (Lipinski definition) is 9. The lowest BCUT2D eigenvalue weighted by molar-refractivity contribution is 0.0630. The second-order valence-corrected chi connectivity index (χ2v) is 9.94. The summed E-state index contributed by atoms with van der Waals surface area (Å²) in [5.41, 5.74) is 0.440. The third-order valence-corrected chi connectivity index (χ3v) is 7.10. The summed E-state index contributed by atoms with van der Waals surface area (Å²) in [5.74, 6) is -4.41. The van der Waals surface area contributed by atoms with E-state index < -0.39 is 43.8 Å².